The fourth-order valence-electron chi connectivity index (χ4n) is 1.06. The summed E-state index contributed by atoms with van der Waals surface area (Å²) in [7, 11) is 0. The van der Waals surface area contributed by atoms with Gasteiger partial charge in [-0.2, -0.15) is 5.48 Å². The molecule has 0 saturated carbocycles. The molecule has 1 rings (SSSR count). The van der Waals surface area contributed by atoms with Crippen molar-refractivity contribution in [3.8, 4) is 0 Å². The largest absolute Gasteiger partial charge is 0.296 e. The molecule has 0 saturated heterocycles. The number of hydrogen-bond donors (Lipinski definition) is 1. The van der Waals surface area contributed by atoms with Gasteiger partial charge in [0.05, 0.1) is 22.8 Å². The van der Waals surface area contributed by atoms with E-state index in [0.717, 1.165) is 17.2 Å². The highest BCUT2D eigenvalue weighted by atomic mass is 32.1. The summed E-state index contributed by atoms with van der Waals surface area (Å²) in [5.41, 5.74) is 3.92. The van der Waals surface area contributed by atoms with E-state index in [9.17, 15) is 0 Å². The van der Waals surface area contributed by atoms with Gasteiger partial charge in [-0.3, -0.25) is 4.84 Å². The molecule has 0 spiro atoms. The van der Waals surface area contributed by atoms with E-state index in [2.05, 4.69) is 10.5 Å². The maximum Gasteiger partial charge on any atom is 0.0900 e. The van der Waals surface area contributed by atoms with Crippen LogP contribution in [-0.4, -0.2) is 10.6 Å². The zero-order chi connectivity index (χ0) is 10.8. The number of aromatic nitrogens is 1. The van der Waals surface area contributed by atoms with Crippen LogP contribution < -0.4 is 5.48 Å². The molecule has 14 heavy (non-hydrogen) atoms. The van der Waals surface area contributed by atoms with Gasteiger partial charge in [0, 0.05) is 4.88 Å². The van der Waals surface area contributed by atoms with E-state index in [-0.39, 0.29) is 5.60 Å². The van der Waals surface area contributed by atoms with E-state index in [1.165, 1.54) is 4.88 Å². The summed E-state index contributed by atoms with van der Waals surface area (Å²) in [5, 5.41) is 1.11. The Morgan fingerprint density at radius 2 is 2.00 bits per heavy atom. The Balaban J connectivity index is 2.42. The predicted octanol–water partition coefficient (Wildman–Crippen LogP) is 2.58. The fourth-order valence-corrected chi connectivity index (χ4v) is 1.92. The molecule has 1 heterocycles. The maximum atomic E-state index is 5.43. The summed E-state index contributed by atoms with van der Waals surface area (Å²) in [6, 6.07) is 0. The zero-order valence-corrected chi connectivity index (χ0v) is 10.3. The predicted molar refractivity (Wildman–Crippen MR) is 59.3 cm³/mol. The van der Waals surface area contributed by atoms with Crippen molar-refractivity contribution < 1.29 is 4.84 Å². The van der Waals surface area contributed by atoms with E-state index >= 15 is 0 Å². The molecule has 0 fully saturated rings. The van der Waals surface area contributed by atoms with Crippen molar-refractivity contribution in [2.45, 2.75) is 46.8 Å². The average Bonchev–Trinajstić information content (AvgIpc) is 2.27. The van der Waals surface area contributed by atoms with Gasteiger partial charge in [0.25, 0.3) is 0 Å². The molecule has 0 aliphatic carbocycles. The monoisotopic (exact) mass is 214 g/mol. The second-order valence-corrected chi connectivity index (χ2v) is 5.56. The normalized spacial score (nSPS) is 12.1. The third-order valence-electron chi connectivity index (χ3n) is 1.61. The van der Waals surface area contributed by atoms with Crippen LogP contribution in [0, 0.1) is 13.8 Å². The van der Waals surface area contributed by atoms with E-state index in [1.54, 1.807) is 11.3 Å². The highest BCUT2D eigenvalue weighted by molar-refractivity contribution is 7.11. The smallest absolute Gasteiger partial charge is 0.0900 e. The summed E-state index contributed by atoms with van der Waals surface area (Å²) in [4.78, 5) is 11.0. The molecule has 4 heteroatoms. The van der Waals surface area contributed by atoms with Gasteiger partial charge in [0.2, 0.25) is 0 Å². The van der Waals surface area contributed by atoms with Gasteiger partial charge in [-0.15, -0.1) is 11.3 Å². The molecular formula is C10H18N2OS. The van der Waals surface area contributed by atoms with Gasteiger partial charge in [-0.1, -0.05) is 0 Å². The van der Waals surface area contributed by atoms with Crippen LogP contribution in [0.4, 0.5) is 0 Å². The third-order valence-corrected chi connectivity index (χ3v) is 2.68. The van der Waals surface area contributed by atoms with Crippen molar-refractivity contribution in [3.63, 3.8) is 0 Å². The van der Waals surface area contributed by atoms with Gasteiger partial charge in [-0.25, -0.2) is 4.98 Å². The molecule has 1 aromatic rings. The van der Waals surface area contributed by atoms with Crippen LogP contribution in [0.2, 0.25) is 0 Å². The van der Waals surface area contributed by atoms with Crippen LogP contribution in [0.15, 0.2) is 0 Å². The zero-order valence-electron chi connectivity index (χ0n) is 9.47. The lowest BCUT2D eigenvalue weighted by Gasteiger charge is -2.18. The fraction of sp³-hybridized carbons (Fsp3) is 0.700. The molecule has 0 unspecified atom stereocenters. The molecule has 0 aromatic carbocycles. The SMILES string of the molecule is Cc1nc(C)c(CNOC(C)(C)C)s1. The molecule has 0 radical (unpaired) electrons. The average molecular weight is 214 g/mol. The molecule has 1 N–H and O–H groups in total. The first-order chi connectivity index (χ1) is 6.38. The van der Waals surface area contributed by atoms with Gasteiger partial charge >= 0.3 is 0 Å². The minimum atomic E-state index is -0.145. The van der Waals surface area contributed by atoms with Crippen molar-refractivity contribution in [1.82, 2.24) is 10.5 Å². The highest BCUT2D eigenvalue weighted by Gasteiger charge is 2.11. The van der Waals surface area contributed by atoms with Gasteiger partial charge in [0.1, 0.15) is 0 Å². The molecule has 0 atom stereocenters. The topological polar surface area (TPSA) is 34.2 Å². The Kier molecular flexibility index (Phi) is 3.64. The van der Waals surface area contributed by atoms with E-state index in [4.69, 9.17) is 4.84 Å². The second-order valence-electron chi connectivity index (χ2n) is 4.28. The molecular weight excluding hydrogens is 196 g/mol. The lowest BCUT2D eigenvalue weighted by molar-refractivity contribution is -0.0755. The Hall–Kier alpha value is -0.450. The van der Waals surface area contributed by atoms with E-state index < -0.39 is 0 Å². The number of thiazole rings is 1. The Morgan fingerprint density at radius 3 is 2.43 bits per heavy atom. The minimum absolute atomic E-state index is 0.145. The van der Waals surface area contributed by atoms with Crippen LogP contribution in [0.5, 0.6) is 0 Å². The summed E-state index contributed by atoms with van der Waals surface area (Å²) in [6.45, 7) is 10.8. The summed E-state index contributed by atoms with van der Waals surface area (Å²) in [6.07, 6.45) is 0. The number of nitrogens with zero attached hydrogens (tertiary/aromatic N) is 1. The summed E-state index contributed by atoms with van der Waals surface area (Å²) >= 11 is 1.71. The molecule has 80 valence electrons. The first-order valence-corrected chi connectivity index (χ1v) is 5.54. The van der Waals surface area contributed by atoms with Gasteiger partial charge in [-0.05, 0) is 34.6 Å². The van der Waals surface area contributed by atoms with Crippen LogP contribution in [0.1, 0.15) is 36.3 Å². The number of hydroxylamine groups is 1. The molecule has 0 bridgehead atoms. The first kappa shape index (κ1) is 11.6. The van der Waals surface area contributed by atoms with Crippen LogP contribution in [0.25, 0.3) is 0 Å². The van der Waals surface area contributed by atoms with E-state index in [1.807, 2.05) is 34.6 Å². The molecule has 3 nitrogen and oxygen atoms in total. The Bertz CT molecular complexity index is 302. The van der Waals surface area contributed by atoms with Crippen molar-refractivity contribution in [1.29, 1.82) is 0 Å². The highest BCUT2D eigenvalue weighted by Crippen LogP contribution is 2.17. The Morgan fingerprint density at radius 1 is 1.36 bits per heavy atom. The van der Waals surface area contributed by atoms with E-state index in [0.29, 0.717) is 0 Å². The van der Waals surface area contributed by atoms with Crippen LogP contribution in [-0.2, 0) is 11.4 Å². The summed E-state index contributed by atoms with van der Waals surface area (Å²) in [5.74, 6) is 0. The molecule has 0 amide bonds. The number of rotatable bonds is 3. The Labute approximate surface area is 89.5 Å². The molecule has 0 aliphatic rings. The number of aryl methyl sites for hydroxylation is 2. The third kappa shape index (κ3) is 3.74. The van der Waals surface area contributed by atoms with Crippen molar-refractivity contribution in [2.75, 3.05) is 0 Å². The standard InChI is InChI=1S/C10H18N2OS/c1-7-9(14-8(2)12-7)6-11-13-10(3,4)5/h11H,6H2,1-5H3. The quantitative estimate of drug-likeness (QED) is 0.785. The van der Waals surface area contributed by atoms with Crippen LogP contribution in [0.3, 0.4) is 0 Å². The van der Waals surface area contributed by atoms with Crippen molar-refractivity contribution in [2.24, 2.45) is 0 Å². The maximum absolute atomic E-state index is 5.43. The number of hydrogen-bond acceptors (Lipinski definition) is 4. The van der Waals surface area contributed by atoms with Gasteiger partial charge in [0.15, 0.2) is 0 Å². The first-order valence-electron chi connectivity index (χ1n) is 4.72. The van der Waals surface area contributed by atoms with Gasteiger partial charge < -0.3 is 0 Å². The second kappa shape index (κ2) is 4.38. The molecule has 0 aliphatic heterocycles. The van der Waals surface area contributed by atoms with Crippen LogP contribution >= 0.6 is 11.3 Å². The number of nitrogens with one attached hydrogen (secondary N) is 1. The lowest BCUT2D eigenvalue weighted by Crippen LogP contribution is -2.28. The lowest BCUT2D eigenvalue weighted by atomic mass is 10.2. The van der Waals surface area contributed by atoms with Crippen molar-refractivity contribution >= 4 is 11.3 Å². The van der Waals surface area contributed by atoms with Crippen molar-refractivity contribution in [3.05, 3.63) is 15.6 Å². The summed E-state index contributed by atoms with van der Waals surface area (Å²) < 4.78 is 0. The molecule has 1 aromatic heterocycles. The minimum Gasteiger partial charge on any atom is -0.296 e.